The number of ketones is 4. The van der Waals surface area contributed by atoms with Gasteiger partial charge in [0.2, 0.25) is 5.91 Å². The monoisotopic (exact) mass is 543 g/mol. The Hall–Kier alpha value is -4.50. The maximum atomic E-state index is 14.1. The van der Waals surface area contributed by atoms with Crippen LogP contribution in [0.5, 0.6) is 5.75 Å². The first-order valence-electron chi connectivity index (χ1n) is 12.4. The molecule has 40 heavy (non-hydrogen) atoms. The van der Waals surface area contributed by atoms with E-state index in [1.54, 1.807) is 30.3 Å². The molecule has 2 saturated carbocycles. The number of hydrogen-bond acceptors (Lipinski definition) is 10. The van der Waals surface area contributed by atoms with Gasteiger partial charge < -0.3 is 21.1 Å². The number of nitriles is 1. The molecule has 2 fully saturated rings. The summed E-state index contributed by atoms with van der Waals surface area (Å²) in [6.07, 6.45) is -0.223. The molecule has 204 valence electrons. The lowest BCUT2D eigenvalue weighted by Crippen LogP contribution is -2.77. The number of benzene rings is 2. The highest BCUT2D eigenvalue weighted by Crippen LogP contribution is 2.54. The van der Waals surface area contributed by atoms with Crippen molar-refractivity contribution < 1.29 is 39.3 Å². The van der Waals surface area contributed by atoms with Gasteiger partial charge in [0.1, 0.15) is 5.75 Å². The molecule has 2 aromatic rings. The molecule has 11 heteroatoms. The molecule has 3 aliphatic rings. The lowest BCUT2D eigenvalue weighted by Gasteiger charge is -2.55. The van der Waals surface area contributed by atoms with Gasteiger partial charge in [0.15, 0.2) is 34.7 Å². The molecule has 3 aliphatic carbocycles. The maximum Gasteiger partial charge on any atom is 0.235 e. The number of nitrogens with two attached hydrogens (primary N) is 1. The minimum atomic E-state index is -3.08. The van der Waals surface area contributed by atoms with Crippen molar-refractivity contribution in [2.45, 2.75) is 17.7 Å². The third-order valence-corrected chi connectivity index (χ3v) is 8.23. The summed E-state index contributed by atoms with van der Waals surface area (Å²) in [6.45, 7) is 0. The van der Waals surface area contributed by atoms with Crippen molar-refractivity contribution in [3.63, 3.8) is 0 Å². The Kier molecular flexibility index (Phi) is 6.30. The summed E-state index contributed by atoms with van der Waals surface area (Å²) in [5, 5.41) is 43.4. The van der Waals surface area contributed by atoms with E-state index in [-0.39, 0.29) is 16.7 Å². The molecule has 0 bridgehead atoms. The second-order valence-electron chi connectivity index (χ2n) is 10.6. The summed E-state index contributed by atoms with van der Waals surface area (Å²) >= 11 is 0. The summed E-state index contributed by atoms with van der Waals surface area (Å²) in [7, 11) is 2.85. The van der Waals surface area contributed by atoms with E-state index >= 15 is 0 Å². The Bertz CT molecular complexity index is 1570. The van der Waals surface area contributed by atoms with Gasteiger partial charge in [0.25, 0.3) is 0 Å². The number of phenolic OH excluding ortho intramolecular Hbond substituents is 1. The summed E-state index contributed by atoms with van der Waals surface area (Å²) in [5.74, 6) is -13.5. The third-order valence-electron chi connectivity index (χ3n) is 8.23. The van der Waals surface area contributed by atoms with Gasteiger partial charge in [0.05, 0.1) is 41.2 Å². The standard InChI is InChI=1S/C29H25N3O8/c1-32(2)22-21-24(35)18-15(10-12-6-8-13(11-30)9-7-12)14-4-3-5-16(33)17(14)23(34)19(18)26(37)29(21,40)27(38)20(25(22)36)28(31)39/h3-10,18-22,24,33,35,40H,1-2H3,(H2,31,39)/b15-10+/t18-,19?,20?,21-,22+,24+,29+/m1/s1. The highest BCUT2D eigenvalue weighted by molar-refractivity contribution is 6.33. The van der Waals surface area contributed by atoms with Crippen molar-refractivity contribution in [3.8, 4) is 11.8 Å². The van der Waals surface area contributed by atoms with E-state index in [0.29, 0.717) is 11.1 Å². The van der Waals surface area contributed by atoms with Crippen LogP contribution in [0.25, 0.3) is 11.6 Å². The van der Waals surface area contributed by atoms with Crippen LogP contribution in [0.4, 0.5) is 0 Å². The largest absolute Gasteiger partial charge is 0.507 e. The van der Waals surface area contributed by atoms with Crippen LogP contribution in [-0.2, 0) is 19.2 Å². The van der Waals surface area contributed by atoms with Gasteiger partial charge in [-0.1, -0.05) is 30.3 Å². The van der Waals surface area contributed by atoms with Crippen molar-refractivity contribution in [3.05, 3.63) is 64.7 Å². The van der Waals surface area contributed by atoms with E-state index in [0.717, 1.165) is 0 Å². The Balaban J connectivity index is 1.79. The highest BCUT2D eigenvalue weighted by Gasteiger charge is 2.72. The van der Waals surface area contributed by atoms with Crippen molar-refractivity contribution in [2.75, 3.05) is 14.1 Å². The molecule has 0 aromatic heterocycles. The average molecular weight is 544 g/mol. The summed E-state index contributed by atoms with van der Waals surface area (Å²) in [5.41, 5.74) is 3.39. The molecule has 2 unspecified atom stereocenters. The SMILES string of the molecule is CN(C)[C@@H]1C(=O)C(C(N)=O)C(=O)[C@@]2(O)C(=O)C3C(=O)c4c(O)cccc4/C(=C\c4ccc(C#N)cc4)[C@H]3[C@H](O)[C@@H]12. The van der Waals surface area contributed by atoms with Crippen LogP contribution >= 0.6 is 0 Å². The number of amides is 1. The number of phenols is 1. The Morgan fingerprint density at radius 1 is 1.07 bits per heavy atom. The molecule has 0 heterocycles. The van der Waals surface area contributed by atoms with E-state index in [4.69, 9.17) is 11.0 Å². The fourth-order valence-corrected chi connectivity index (χ4v) is 6.50. The first-order chi connectivity index (χ1) is 18.9. The molecule has 0 spiro atoms. The minimum Gasteiger partial charge on any atom is -0.507 e. The number of carbonyl (C=O) groups is 5. The molecule has 0 saturated heterocycles. The van der Waals surface area contributed by atoms with Gasteiger partial charge in [-0.05, 0) is 49.0 Å². The number of aliphatic hydroxyl groups is 2. The molecule has 2 aromatic carbocycles. The summed E-state index contributed by atoms with van der Waals surface area (Å²) < 4.78 is 0. The number of Topliss-reactive ketones (excluding diaryl/α,β-unsaturated/α-hetero) is 4. The number of aliphatic hydroxyl groups excluding tert-OH is 1. The minimum absolute atomic E-state index is 0.220. The molecular formula is C29H25N3O8. The van der Waals surface area contributed by atoms with Crippen molar-refractivity contribution in [2.24, 2.45) is 29.4 Å². The Morgan fingerprint density at radius 3 is 2.30 bits per heavy atom. The second kappa shape index (κ2) is 9.31. The molecule has 5 N–H and O–H groups in total. The summed E-state index contributed by atoms with van der Waals surface area (Å²) in [6, 6.07) is 11.1. The van der Waals surface area contributed by atoms with Crippen LogP contribution in [0, 0.1) is 35.0 Å². The molecule has 7 atom stereocenters. The van der Waals surface area contributed by atoms with Crippen molar-refractivity contribution in [1.29, 1.82) is 5.26 Å². The zero-order chi connectivity index (χ0) is 29.3. The number of primary amides is 1. The molecular weight excluding hydrogens is 518 g/mol. The van der Waals surface area contributed by atoms with Crippen LogP contribution in [0.15, 0.2) is 42.5 Å². The maximum absolute atomic E-state index is 14.1. The first kappa shape index (κ1) is 27.1. The van der Waals surface area contributed by atoms with Crippen LogP contribution < -0.4 is 5.73 Å². The predicted molar refractivity (Wildman–Crippen MR) is 138 cm³/mol. The number of nitrogens with zero attached hydrogens (tertiary/aromatic N) is 2. The molecule has 1 amide bonds. The van der Waals surface area contributed by atoms with Gasteiger partial charge in [-0.3, -0.25) is 28.9 Å². The van der Waals surface area contributed by atoms with Crippen molar-refractivity contribution in [1.82, 2.24) is 4.90 Å². The number of carbonyl (C=O) groups excluding carboxylic acids is 5. The molecule has 0 radical (unpaired) electrons. The van der Waals surface area contributed by atoms with Crippen LogP contribution in [-0.4, -0.2) is 81.1 Å². The quantitative estimate of drug-likeness (QED) is 0.373. The second-order valence-corrected chi connectivity index (χ2v) is 10.6. The third kappa shape index (κ3) is 3.57. The fourth-order valence-electron chi connectivity index (χ4n) is 6.50. The van der Waals surface area contributed by atoms with Crippen LogP contribution in [0.3, 0.4) is 0 Å². The number of aromatic hydroxyl groups is 1. The number of hydrogen-bond donors (Lipinski definition) is 4. The number of rotatable bonds is 3. The van der Waals surface area contributed by atoms with Gasteiger partial charge in [0, 0.05) is 5.92 Å². The Labute approximate surface area is 228 Å². The topological polar surface area (TPSA) is 199 Å². The number of fused-ring (bicyclic) bond motifs is 3. The van der Waals surface area contributed by atoms with Crippen LogP contribution in [0.1, 0.15) is 27.0 Å². The normalized spacial score (nSPS) is 32.4. The zero-order valence-electron chi connectivity index (χ0n) is 21.4. The van der Waals surface area contributed by atoms with E-state index < -0.39 is 76.2 Å². The summed E-state index contributed by atoms with van der Waals surface area (Å²) in [4.78, 5) is 68.1. The smallest absolute Gasteiger partial charge is 0.235 e. The molecule has 5 rings (SSSR count). The van der Waals surface area contributed by atoms with E-state index in [1.165, 1.54) is 37.2 Å². The van der Waals surface area contributed by atoms with E-state index in [9.17, 15) is 39.3 Å². The lowest BCUT2D eigenvalue weighted by molar-refractivity contribution is -0.192. The zero-order valence-corrected chi connectivity index (χ0v) is 21.4. The van der Waals surface area contributed by atoms with Crippen LogP contribution in [0.2, 0.25) is 0 Å². The first-order valence-corrected chi connectivity index (χ1v) is 12.4. The van der Waals surface area contributed by atoms with Gasteiger partial charge in [-0.25, -0.2) is 0 Å². The molecule has 0 aliphatic heterocycles. The van der Waals surface area contributed by atoms with Gasteiger partial charge in [-0.15, -0.1) is 0 Å². The van der Waals surface area contributed by atoms with E-state index in [2.05, 4.69) is 0 Å². The highest BCUT2D eigenvalue weighted by atomic mass is 16.3. The average Bonchev–Trinajstić information content (AvgIpc) is 2.90. The van der Waals surface area contributed by atoms with E-state index in [1.807, 2.05) is 6.07 Å². The number of likely N-dealkylation sites (N-methyl/N-ethyl adjacent to an activating group) is 1. The van der Waals surface area contributed by atoms with Gasteiger partial charge in [-0.2, -0.15) is 5.26 Å². The van der Waals surface area contributed by atoms with Crippen molar-refractivity contribution >= 4 is 40.7 Å². The molecule has 11 nitrogen and oxygen atoms in total. The predicted octanol–water partition coefficient (Wildman–Crippen LogP) is -0.292. The fraction of sp³-hybridized carbons (Fsp3) is 0.310. The Morgan fingerprint density at radius 2 is 1.73 bits per heavy atom. The van der Waals surface area contributed by atoms with Gasteiger partial charge >= 0.3 is 0 Å². The lowest BCUT2D eigenvalue weighted by atomic mass is 9.50.